The van der Waals surface area contributed by atoms with Gasteiger partial charge in [0.15, 0.2) is 0 Å². The SMILES string of the molecule is O=C(NCCOc1ccc2ccccc2c1)NC(CN1CCOCC1)c1ccccc1. The average Bonchev–Trinajstić information content (AvgIpc) is 2.82. The van der Waals surface area contributed by atoms with E-state index in [1.165, 1.54) is 5.39 Å². The van der Waals surface area contributed by atoms with Crippen LogP contribution in [0, 0.1) is 0 Å². The fourth-order valence-electron chi connectivity index (χ4n) is 3.76. The lowest BCUT2D eigenvalue weighted by molar-refractivity contribution is 0.0339. The van der Waals surface area contributed by atoms with E-state index in [1.807, 2.05) is 60.7 Å². The van der Waals surface area contributed by atoms with E-state index < -0.39 is 0 Å². The van der Waals surface area contributed by atoms with E-state index in [2.05, 4.69) is 27.7 Å². The molecular weight excluding hydrogens is 390 g/mol. The third kappa shape index (κ3) is 6.20. The van der Waals surface area contributed by atoms with E-state index in [4.69, 9.17) is 9.47 Å². The molecule has 162 valence electrons. The van der Waals surface area contributed by atoms with Crippen molar-refractivity contribution in [3.05, 3.63) is 78.4 Å². The van der Waals surface area contributed by atoms with E-state index in [1.54, 1.807) is 0 Å². The quantitative estimate of drug-likeness (QED) is 0.548. The predicted molar refractivity (Wildman–Crippen MR) is 122 cm³/mol. The molecule has 3 aromatic rings. The van der Waals surface area contributed by atoms with Crippen molar-refractivity contribution in [1.82, 2.24) is 15.5 Å². The molecule has 0 radical (unpaired) electrons. The topological polar surface area (TPSA) is 62.8 Å². The van der Waals surface area contributed by atoms with Gasteiger partial charge in [0.25, 0.3) is 0 Å². The molecule has 0 spiro atoms. The summed E-state index contributed by atoms with van der Waals surface area (Å²) in [4.78, 5) is 14.9. The molecule has 1 saturated heterocycles. The fourth-order valence-corrected chi connectivity index (χ4v) is 3.76. The normalized spacial score (nSPS) is 15.4. The van der Waals surface area contributed by atoms with Gasteiger partial charge >= 0.3 is 6.03 Å². The van der Waals surface area contributed by atoms with Crippen molar-refractivity contribution in [2.24, 2.45) is 0 Å². The van der Waals surface area contributed by atoms with Crippen molar-refractivity contribution in [1.29, 1.82) is 0 Å². The number of rotatable bonds is 8. The van der Waals surface area contributed by atoms with Crippen molar-refractivity contribution in [3.8, 4) is 5.75 Å². The van der Waals surface area contributed by atoms with Crippen molar-refractivity contribution < 1.29 is 14.3 Å². The zero-order chi connectivity index (χ0) is 21.3. The second-order valence-corrected chi connectivity index (χ2v) is 7.63. The maximum Gasteiger partial charge on any atom is 0.315 e. The Hall–Kier alpha value is -3.09. The first-order valence-electron chi connectivity index (χ1n) is 10.8. The lowest BCUT2D eigenvalue weighted by Crippen LogP contribution is -2.46. The van der Waals surface area contributed by atoms with Crippen molar-refractivity contribution in [2.75, 3.05) is 46.0 Å². The summed E-state index contributed by atoms with van der Waals surface area (Å²) in [6, 6.07) is 24.0. The number of morpholine rings is 1. The highest BCUT2D eigenvalue weighted by Gasteiger charge is 2.20. The first-order valence-corrected chi connectivity index (χ1v) is 10.8. The molecule has 1 fully saturated rings. The van der Waals surface area contributed by atoms with Gasteiger partial charge in [-0.1, -0.05) is 60.7 Å². The monoisotopic (exact) mass is 419 g/mol. The maximum atomic E-state index is 12.5. The number of amides is 2. The molecule has 4 rings (SSSR count). The highest BCUT2D eigenvalue weighted by Crippen LogP contribution is 2.20. The minimum atomic E-state index is -0.191. The molecule has 6 heteroatoms. The van der Waals surface area contributed by atoms with Crippen molar-refractivity contribution in [2.45, 2.75) is 6.04 Å². The molecule has 1 aliphatic rings. The molecule has 0 bridgehead atoms. The molecule has 1 aliphatic heterocycles. The lowest BCUT2D eigenvalue weighted by atomic mass is 10.1. The van der Waals surface area contributed by atoms with Crippen LogP contribution in [0.1, 0.15) is 11.6 Å². The number of carbonyl (C=O) groups is 1. The molecular formula is C25H29N3O3. The Labute approximate surface area is 183 Å². The second-order valence-electron chi connectivity index (χ2n) is 7.63. The Kier molecular flexibility index (Phi) is 7.37. The van der Waals surface area contributed by atoms with Gasteiger partial charge in [0.1, 0.15) is 12.4 Å². The van der Waals surface area contributed by atoms with Crippen molar-refractivity contribution in [3.63, 3.8) is 0 Å². The van der Waals surface area contributed by atoms with Gasteiger partial charge in [0, 0.05) is 19.6 Å². The van der Waals surface area contributed by atoms with Crippen LogP contribution in [0.3, 0.4) is 0 Å². The molecule has 1 atom stereocenters. The van der Waals surface area contributed by atoms with Crippen LogP contribution in [0.25, 0.3) is 10.8 Å². The Bertz CT molecular complexity index is 974. The molecule has 2 amide bonds. The highest BCUT2D eigenvalue weighted by atomic mass is 16.5. The van der Waals surface area contributed by atoms with Gasteiger partial charge in [-0.2, -0.15) is 0 Å². The number of urea groups is 1. The standard InChI is InChI=1S/C25H29N3O3/c29-25(26-12-15-31-23-11-10-20-6-4-5-9-22(20)18-23)27-24(21-7-2-1-3-8-21)19-28-13-16-30-17-14-28/h1-11,18,24H,12-17,19H2,(H2,26,27,29). The van der Waals surface area contributed by atoms with Gasteiger partial charge in [-0.15, -0.1) is 0 Å². The first kappa shape index (κ1) is 21.2. The lowest BCUT2D eigenvalue weighted by Gasteiger charge is -2.31. The largest absolute Gasteiger partial charge is 0.492 e. The van der Waals surface area contributed by atoms with Crippen LogP contribution in [0.5, 0.6) is 5.75 Å². The summed E-state index contributed by atoms with van der Waals surface area (Å²) in [7, 11) is 0. The van der Waals surface area contributed by atoms with Gasteiger partial charge in [-0.05, 0) is 28.5 Å². The fraction of sp³-hybridized carbons (Fsp3) is 0.320. The molecule has 0 aliphatic carbocycles. The Balaban J connectivity index is 1.26. The molecule has 1 unspecified atom stereocenters. The zero-order valence-electron chi connectivity index (χ0n) is 17.6. The number of benzene rings is 3. The predicted octanol–water partition coefficient (Wildman–Crippen LogP) is 3.59. The summed E-state index contributed by atoms with van der Waals surface area (Å²) >= 11 is 0. The molecule has 31 heavy (non-hydrogen) atoms. The molecule has 3 aromatic carbocycles. The molecule has 6 nitrogen and oxygen atoms in total. The van der Waals surface area contributed by atoms with Gasteiger partial charge in [-0.25, -0.2) is 4.79 Å². The van der Waals surface area contributed by atoms with E-state index in [0.29, 0.717) is 13.2 Å². The minimum absolute atomic E-state index is 0.0827. The van der Waals surface area contributed by atoms with Gasteiger partial charge in [0.2, 0.25) is 0 Å². The van der Waals surface area contributed by atoms with E-state index in [9.17, 15) is 4.79 Å². The number of carbonyl (C=O) groups excluding carboxylic acids is 1. The molecule has 1 heterocycles. The molecule has 0 aromatic heterocycles. The zero-order valence-corrected chi connectivity index (χ0v) is 17.6. The van der Waals surface area contributed by atoms with Crippen LogP contribution in [0.15, 0.2) is 72.8 Å². The number of ether oxygens (including phenoxy) is 2. The van der Waals surface area contributed by atoms with Crippen LogP contribution in [-0.2, 0) is 4.74 Å². The third-order valence-corrected chi connectivity index (χ3v) is 5.43. The Morgan fingerprint density at radius 2 is 1.71 bits per heavy atom. The Morgan fingerprint density at radius 3 is 2.52 bits per heavy atom. The van der Waals surface area contributed by atoms with Crippen LogP contribution in [-0.4, -0.2) is 56.9 Å². The average molecular weight is 420 g/mol. The number of hydrogen-bond donors (Lipinski definition) is 2. The second kappa shape index (κ2) is 10.8. The number of nitrogens with zero attached hydrogens (tertiary/aromatic N) is 1. The molecule has 2 N–H and O–H groups in total. The van der Waals surface area contributed by atoms with Crippen LogP contribution in [0.4, 0.5) is 4.79 Å². The summed E-state index contributed by atoms with van der Waals surface area (Å²) in [6.07, 6.45) is 0. The first-order chi connectivity index (χ1) is 15.3. The summed E-state index contributed by atoms with van der Waals surface area (Å²) in [6.45, 7) is 4.83. The van der Waals surface area contributed by atoms with Gasteiger partial charge in [0.05, 0.1) is 25.8 Å². The van der Waals surface area contributed by atoms with E-state index in [0.717, 1.165) is 49.5 Å². The highest BCUT2D eigenvalue weighted by molar-refractivity contribution is 5.83. The summed E-state index contributed by atoms with van der Waals surface area (Å²) < 4.78 is 11.2. The summed E-state index contributed by atoms with van der Waals surface area (Å²) in [5.74, 6) is 0.801. The number of fused-ring (bicyclic) bond motifs is 1. The number of nitrogens with one attached hydrogen (secondary N) is 2. The summed E-state index contributed by atoms with van der Waals surface area (Å²) in [5.41, 5.74) is 1.09. The Morgan fingerprint density at radius 1 is 0.968 bits per heavy atom. The van der Waals surface area contributed by atoms with Crippen molar-refractivity contribution >= 4 is 16.8 Å². The smallest absolute Gasteiger partial charge is 0.315 e. The third-order valence-electron chi connectivity index (χ3n) is 5.43. The van der Waals surface area contributed by atoms with Gasteiger partial charge in [-0.3, -0.25) is 4.90 Å². The van der Waals surface area contributed by atoms with E-state index >= 15 is 0 Å². The number of hydrogen-bond acceptors (Lipinski definition) is 4. The summed E-state index contributed by atoms with van der Waals surface area (Å²) in [5, 5.41) is 8.34. The molecule has 0 saturated carbocycles. The van der Waals surface area contributed by atoms with E-state index in [-0.39, 0.29) is 12.1 Å². The maximum absolute atomic E-state index is 12.5. The minimum Gasteiger partial charge on any atom is -0.492 e. The van der Waals surface area contributed by atoms with Crippen LogP contribution < -0.4 is 15.4 Å². The van der Waals surface area contributed by atoms with Crippen LogP contribution in [0.2, 0.25) is 0 Å². The van der Waals surface area contributed by atoms with Crippen LogP contribution >= 0.6 is 0 Å². The van der Waals surface area contributed by atoms with Gasteiger partial charge < -0.3 is 20.1 Å².